The van der Waals surface area contributed by atoms with Gasteiger partial charge in [0.25, 0.3) is 0 Å². The van der Waals surface area contributed by atoms with Crippen LogP contribution in [0.25, 0.3) is 0 Å². The molecular weight excluding hydrogens is 130 g/mol. The Morgan fingerprint density at radius 2 is 2.60 bits per heavy atom. The summed E-state index contributed by atoms with van der Waals surface area (Å²) in [4.78, 5) is 1.93. The summed E-state index contributed by atoms with van der Waals surface area (Å²) in [5.41, 5.74) is 0. The van der Waals surface area contributed by atoms with Gasteiger partial charge in [0.15, 0.2) is 0 Å². The molecule has 1 aliphatic rings. The van der Waals surface area contributed by atoms with Crippen LogP contribution in [0.2, 0.25) is 0 Å². The molecule has 0 aromatic heterocycles. The third kappa shape index (κ3) is 1.80. The normalized spacial score (nSPS) is 28.3. The molecule has 0 radical (unpaired) electrons. The Morgan fingerprint density at radius 3 is 3.20 bits per heavy atom. The van der Waals surface area contributed by atoms with Gasteiger partial charge in [-0.2, -0.15) is 0 Å². The average Bonchev–Trinajstić information content (AvgIpc) is 1.94. The van der Waals surface area contributed by atoms with Gasteiger partial charge in [-0.1, -0.05) is 6.08 Å². The van der Waals surface area contributed by atoms with Gasteiger partial charge in [-0.25, -0.2) is 0 Å². The molecule has 0 aromatic rings. The molecule has 1 N–H and O–H groups in total. The lowest BCUT2D eigenvalue weighted by Gasteiger charge is -2.30. The van der Waals surface area contributed by atoms with E-state index in [1.807, 2.05) is 4.90 Å². The van der Waals surface area contributed by atoms with E-state index in [0.29, 0.717) is 13.2 Å². The zero-order chi connectivity index (χ0) is 7.40. The lowest BCUT2D eigenvalue weighted by Crippen LogP contribution is -2.45. The average molecular weight is 143 g/mol. The first kappa shape index (κ1) is 7.72. The SMILES string of the molecule is C=CCN1CCOCC1O. The van der Waals surface area contributed by atoms with E-state index >= 15 is 0 Å². The molecule has 1 heterocycles. The van der Waals surface area contributed by atoms with Crippen LogP contribution < -0.4 is 0 Å². The monoisotopic (exact) mass is 143 g/mol. The number of rotatable bonds is 2. The van der Waals surface area contributed by atoms with Gasteiger partial charge in [0.1, 0.15) is 6.23 Å². The third-order valence-corrected chi connectivity index (χ3v) is 1.57. The highest BCUT2D eigenvalue weighted by Gasteiger charge is 2.18. The van der Waals surface area contributed by atoms with Crippen molar-refractivity contribution in [1.82, 2.24) is 4.90 Å². The molecule has 0 aliphatic carbocycles. The van der Waals surface area contributed by atoms with Crippen LogP contribution in [-0.2, 0) is 4.74 Å². The number of hydrogen-bond acceptors (Lipinski definition) is 3. The Morgan fingerprint density at radius 1 is 1.80 bits per heavy atom. The highest BCUT2D eigenvalue weighted by Crippen LogP contribution is 2.02. The molecule has 3 nitrogen and oxygen atoms in total. The zero-order valence-corrected chi connectivity index (χ0v) is 5.99. The van der Waals surface area contributed by atoms with Gasteiger partial charge >= 0.3 is 0 Å². The molecular formula is C7H13NO2. The van der Waals surface area contributed by atoms with Crippen LogP contribution in [0, 0.1) is 0 Å². The van der Waals surface area contributed by atoms with Crippen molar-refractivity contribution in [2.45, 2.75) is 6.23 Å². The van der Waals surface area contributed by atoms with Crippen LogP contribution in [0.1, 0.15) is 0 Å². The van der Waals surface area contributed by atoms with Gasteiger partial charge in [-0.15, -0.1) is 6.58 Å². The van der Waals surface area contributed by atoms with Gasteiger partial charge < -0.3 is 9.84 Å². The van der Waals surface area contributed by atoms with Gasteiger partial charge in [0, 0.05) is 13.1 Å². The van der Waals surface area contributed by atoms with E-state index in [-0.39, 0.29) is 0 Å². The Balaban J connectivity index is 2.32. The second-order valence-electron chi connectivity index (χ2n) is 2.34. The van der Waals surface area contributed by atoms with Crippen molar-refractivity contribution >= 4 is 0 Å². The van der Waals surface area contributed by atoms with Crippen molar-refractivity contribution < 1.29 is 9.84 Å². The summed E-state index contributed by atoms with van der Waals surface area (Å²) in [7, 11) is 0. The van der Waals surface area contributed by atoms with E-state index in [0.717, 1.165) is 13.1 Å². The maximum Gasteiger partial charge on any atom is 0.131 e. The molecule has 0 bridgehead atoms. The predicted octanol–water partition coefficient (Wildman–Crippen LogP) is -0.177. The van der Waals surface area contributed by atoms with Crippen molar-refractivity contribution in [3.63, 3.8) is 0 Å². The van der Waals surface area contributed by atoms with E-state index in [4.69, 9.17) is 4.74 Å². The smallest absolute Gasteiger partial charge is 0.131 e. The molecule has 0 aromatic carbocycles. The standard InChI is InChI=1S/C7H13NO2/c1-2-3-8-4-5-10-6-7(8)9/h2,7,9H,1,3-6H2. The third-order valence-electron chi connectivity index (χ3n) is 1.57. The number of ether oxygens (including phenoxy) is 1. The molecule has 1 rings (SSSR count). The van der Waals surface area contributed by atoms with Crippen LogP contribution in [0.5, 0.6) is 0 Å². The fourth-order valence-electron chi connectivity index (χ4n) is 1.00. The largest absolute Gasteiger partial charge is 0.376 e. The maximum absolute atomic E-state index is 9.25. The van der Waals surface area contributed by atoms with Gasteiger partial charge in [0.05, 0.1) is 13.2 Å². The molecule has 3 heteroatoms. The van der Waals surface area contributed by atoms with Crippen molar-refractivity contribution in [2.75, 3.05) is 26.3 Å². The topological polar surface area (TPSA) is 32.7 Å². The summed E-state index contributed by atoms with van der Waals surface area (Å²) in [6.45, 7) is 6.27. The number of morpholine rings is 1. The number of aliphatic hydroxyl groups excluding tert-OH is 1. The Kier molecular flexibility index (Phi) is 2.86. The highest BCUT2D eigenvalue weighted by atomic mass is 16.5. The second-order valence-corrected chi connectivity index (χ2v) is 2.34. The number of hydrogen-bond donors (Lipinski definition) is 1. The fourth-order valence-corrected chi connectivity index (χ4v) is 1.00. The van der Waals surface area contributed by atoms with Gasteiger partial charge in [0.2, 0.25) is 0 Å². The van der Waals surface area contributed by atoms with Crippen LogP contribution in [0.3, 0.4) is 0 Å². The van der Waals surface area contributed by atoms with E-state index in [9.17, 15) is 5.11 Å². The van der Waals surface area contributed by atoms with Crippen molar-refractivity contribution in [3.8, 4) is 0 Å². The lowest BCUT2D eigenvalue weighted by molar-refractivity contribution is -0.100. The number of aliphatic hydroxyl groups is 1. The molecule has 1 unspecified atom stereocenters. The van der Waals surface area contributed by atoms with Crippen LogP contribution in [0.4, 0.5) is 0 Å². The van der Waals surface area contributed by atoms with Gasteiger partial charge in [-0.3, -0.25) is 4.90 Å². The maximum atomic E-state index is 9.25. The minimum Gasteiger partial charge on any atom is -0.376 e. The fraction of sp³-hybridized carbons (Fsp3) is 0.714. The minimum absolute atomic E-state index is 0.424. The van der Waals surface area contributed by atoms with E-state index in [1.165, 1.54) is 0 Å². The minimum atomic E-state index is -0.438. The Labute approximate surface area is 60.9 Å². The first-order chi connectivity index (χ1) is 4.84. The summed E-state index contributed by atoms with van der Waals surface area (Å²) >= 11 is 0. The zero-order valence-electron chi connectivity index (χ0n) is 5.99. The van der Waals surface area contributed by atoms with Crippen molar-refractivity contribution in [3.05, 3.63) is 12.7 Å². The van der Waals surface area contributed by atoms with Crippen molar-refractivity contribution in [2.24, 2.45) is 0 Å². The van der Waals surface area contributed by atoms with E-state index in [1.54, 1.807) is 6.08 Å². The summed E-state index contributed by atoms with van der Waals surface area (Å²) in [5, 5.41) is 9.25. The molecule has 0 spiro atoms. The molecule has 1 atom stereocenters. The molecule has 1 saturated heterocycles. The summed E-state index contributed by atoms with van der Waals surface area (Å²) in [5.74, 6) is 0. The van der Waals surface area contributed by atoms with E-state index < -0.39 is 6.23 Å². The molecule has 58 valence electrons. The molecule has 1 fully saturated rings. The first-order valence-electron chi connectivity index (χ1n) is 3.45. The molecule has 0 saturated carbocycles. The van der Waals surface area contributed by atoms with Crippen LogP contribution >= 0.6 is 0 Å². The van der Waals surface area contributed by atoms with Crippen LogP contribution in [-0.4, -0.2) is 42.5 Å². The van der Waals surface area contributed by atoms with Crippen molar-refractivity contribution in [1.29, 1.82) is 0 Å². The Hall–Kier alpha value is -0.380. The first-order valence-corrected chi connectivity index (χ1v) is 3.45. The number of nitrogens with zero attached hydrogens (tertiary/aromatic N) is 1. The second kappa shape index (κ2) is 3.71. The highest BCUT2D eigenvalue weighted by molar-refractivity contribution is 4.76. The molecule has 0 amide bonds. The van der Waals surface area contributed by atoms with E-state index in [2.05, 4.69) is 6.58 Å². The van der Waals surface area contributed by atoms with Crippen LogP contribution in [0.15, 0.2) is 12.7 Å². The molecule has 1 aliphatic heterocycles. The summed E-state index contributed by atoms with van der Waals surface area (Å²) < 4.78 is 5.03. The summed E-state index contributed by atoms with van der Waals surface area (Å²) in [6, 6.07) is 0. The predicted molar refractivity (Wildman–Crippen MR) is 38.6 cm³/mol. The molecule has 10 heavy (non-hydrogen) atoms. The quantitative estimate of drug-likeness (QED) is 0.544. The van der Waals surface area contributed by atoms with Gasteiger partial charge in [-0.05, 0) is 0 Å². The lowest BCUT2D eigenvalue weighted by atomic mass is 10.4. The summed E-state index contributed by atoms with van der Waals surface area (Å²) in [6.07, 6.45) is 1.35. The Bertz CT molecular complexity index is 116.